The molecule has 0 aliphatic carbocycles. The van der Waals surface area contributed by atoms with E-state index in [9.17, 15) is 9.90 Å². The van der Waals surface area contributed by atoms with Crippen LogP contribution in [0.15, 0.2) is 27.7 Å². The van der Waals surface area contributed by atoms with Crippen molar-refractivity contribution in [1.29, 1.82) is 0 Å². The second kappa shape index (κ2) is 6.20. The van der Waals surface area contributed by atoms with Gasteiger partial charge >= 0.3 is 0 Å². The number of nitrogens with one attached hydrogen (secondary N) is 1. The summed E-state index contributed by atoms with van der Waals surface area (Å²) in [5.74, 6) is 0.581. The Morgan fingerprint density at radius 3 is 2.67 bits per heavy atom. The summed E-state index contributed by atoms with van der Waals surface area (Å²) in [7, 11) is 0. The lowest BCUT2D eigenvalue weighted by molar-refractivity contribution is 0.0953. The molecule has 1 aromatic carbocycles. The molecule has 0 saturated heterocycles. The van der Waals surface area contributed by atoms with Gasteiger partial charge in [-0.05, 0) is 32.0 Å². The zero-order valence-electron chi connectivity index (χ0n) is 11.3. The Balaban J connectivity index is 2.13. The first-order valence-electron chi connectivity index (χ1n) is 5.97. The largest absolute Gasteiger partial charge is 0.506 e. The monoisotopic (exact) mass is 326 g/mol. The molecule has 1 aromatic heterocycles. The number of hydrogen-bond acceptors (Lipinski definition) is 4. The van der Waals surface area contributed by atoms with Crippen LogP contribution < -0.4 is 5.43 Å². The average Bonchev–Trinajstić information content (AvgIpc) is 2.74. The van der Waals surface area contributed by atoms with Gasteiger partial charge in [-0.25, -0.2) is 5.43 Å². The first kappa shape index (κ1) is 15.4. The molecule has 110 valence electrons. The smallest absolute Gasteiger partial charge is 0.274 e. The molecule has 0 saturated carbocycles. The van der Waals surface area contributed by atoms with Crippen LogP contribution >= 0.6 is 23.2 Å². The van der Waals surface area contributed by atoms with Crippen LogP contribution in [0.5, 0.6) is 5.75 Å². The first-order chi connectivity index (χ1) is 9.88. The number of benzene rings is 1. The molecule has 1 amide bonds. The first-order valence-corrected chi connectivity index (χ1v) is 6.72. The highest BCUT2D eigenvalue weighted by molar-refractivity contribution is 6.36. The van der Waals surface area contributed by atoms with Crippen molar-refractivity contribution in [2.45, 2.75) is 13.8 Å². The number of hydrogen-bond donors (Lipinski definition) is 2. The fraction of sp³-hybridized carbons (Fsp3) is 0.143. The Morgan fingerprint density at radius 1 is 1.33 bits per heavy atom. The van der Waals surface area contributed by atoms with Gasteiger partial charge in [0.15, 0.2) is 0 Å². The maximum atomic E-state index is 11.9. The standard InChI is InChI=1S/C14H12Cl2N2O3/c1-7-3-11(8(2)21-7)14(20)18-17-6-9-4-10(15)5-12(16)13(9)19/h3-6,19H,1-2H3,(H,18,20)/b17-6+. The number of phenols is 1. The van der Waals surface area contributed by atoms with Crippen LogP contribution in [0.2, 0.25) is 10.0 Å². The van der Waals surface area contributed by atoms with Crippen molar-refractivity contribution in [3.05, 3.63) is 50.9 Å². The summed E-state index contributed by atoms with van der Waals surface area (Å²) in [5, 5.41) is 14.0. The van der Waals surface area contributed by atoms with Gasteiger partial charge in [0.25, 0.3) is 5.91 Å². The number of carbonyl (C=O) groups excluding carboxylic acids is 1. The third-order valence-corrected chi connectivity index (χ3v) is 3.22. The number of carbonyl (C=O) groups is 1. The van der Waals surface area contributed by atoms with Crippen molar-refractivity contribution >= 4 is 35.3 Å². The van der Waals surface area contributed by atoms with Crippen LogP contribution in [0.4, 0.5) is 0 Å². The lowest BCUT2D eigenvalue weighted by atomic mass is 10.2. The predicted molar refractivity (Wildman–Crippen MR) is 81.4 cm³/mol. The normalized spacial score (nSPS) is 11.0. The highest BCUT2D eigenvalue weighted by Gasteiger charge is 2.12. The van der Waals surface area contributed by atoms with Crippen LogP contribution in [0.3, 0.4) is 0 Å². The molecule has 7 heteroatoms. The zero-order chi connectivity index (χ0) is 15.6. The van der Waals surface area contributed by atoms with Crippen LogP contribution in [0, 0.1) is 13.8 Å². The highest BCUT2D eigenvalue weighted by Crippen LogP contribution is 2.29. The Bertz CT molecular complexity index is 723. The van der Waals surface area contributed by atoms with Gasteiger partial charge in [0.05, 0.1) is 16.8 Å². The van der Waals surface area contributed by atoms with Gasteiger partial charge in [-0.1, -0.05) is 23.2 Å². The lowest BCUT2D eigenvalue weighted by Gasteiger charge is -2.02. The number of nitrogens with zero attached hydrogens (tertiary/aromatic N) is 1. The number of phenolic OH excluding ortho intramolecular Hbond substituents is 1. The topological polar surface area (TPSA) is 74.8 Å². The minimum Gasteiger partial charge on any atom is -0.506 e. The molecule has 0 spiro atoms. The van der Waals surface area contributed by atoms with Gasteiger partial charge in [0.1, 0.15) is 17.3 Å². The Kier molecular flexibility index (Phi) is 4.55. The number of furan rings is 1. The molecule has 2 rings (SSSR count). The number of rotatable bonds is 3. The van der Waals surface area contributed by atoms with Crippen molar-refractivity contribution < 1.29 is 14.3 Å². The summed E-state index contributed by atoms with van der Waals surface area (Å²) in [6, 6.07) is 4.51. The third-order valence-electron chi connectivity index (χ3n) is 2.71. The van der Waals surface area contributed by atoms with E-state index >= 15 is 0 Å². The molecule has 0 aliphatic rings. The Hall–Kier alpha value is -1.98. The number of aryl methyl sites for hydroxylation is 2. The SMILES string of the molecule is Cc1cc(C(=O)N/N=C/c2cc(Cl)cc(Cl)c2O)c(C)o1. The number of amides is 1. The fourth-order valence-electron chi connectivity index (χ4n) is 1.76. The van der Waals surface area contributed by atoms with Gasteiger partial charge in [0.2, 0.25) is 0 Å². The molecule has 21 heavy (non-hydrogen) atoms. The summed E-state index contributed by atoms with van der Waals surface area (Å²) in [5.41, 5.74) is 3.04. The maximum Gasteiger partial charge on any atom is 0.274 e. The van der Waals surface area contributed by atoms with Crippen LogP contribution in [-0.4, -0.2) is 17.2 Å². The number of hydrazone groups is 1. The Labute approximate surface area is 131 Å². The second-order valence-electron chi connectivity index (χ2n) is 4.35. The van der Waals surface area contributed by atoms with Gasteiger partial charge in [-0.2, -0.15) is 5.10 Å². The summed E-state index contributed by atoms with van der Waals surface area (Å²) in [6.45, 7) is 3.44. The van der Waals surface area contributed by atoms with E-state index in [-0.39, 0.29) is 10.8 Å². The second-order valence-corrected chi connectivity index (χ2v) is 5.20. The highest BCUT2D eigenvalue weighted by atomic mass is 35.5. The van der Waals surface area contributed by atoms with E-state index in [1.54, 1.807) is 19.9 Å². The van der Waals surface area contributed by atoms with Gasteiger partial charge in [-0.3, -0.25) is 4.79 Å². The van der Waals surface area contributed by atoms with E-state index in [0.717, 1.165) is 0 Å². The predicted octanol–water partition coefficient (Wildman–Crippen LogP) is 3.67. The third kappa shape index (κ3) is 3.56. The van der Waals surface area contributed by atoms with Crippen molar-refractivity contribution in [2.75, 3.05) is 0 Å². The fourth-order valence-corrected chi connectivity index (χ4v) is 2.27. The molecular formula is C14H12Cl2N2O3. The quantitative estimate of drug-likeness (QED) is 0.667. The molecule has 0 radical (unpaired) electrons. The molecule has 2 aromatic rings. The Morgan fingerprint density at radius 2 is 2.05 bits per heavy atom. The zero-order valence-corrected chi connectivity index (χ0v) is 12.8. The van der Waals surface area contributed by atoms with Crippen LogP contribution in [-0.2, 0) is 0 Å². The van der Waals surface area contributed by atoms with Crippen molar-refractivity contribution in [3.63, 3.8) is 0 Å². The minimum absolute atomic E-state index is 0.108. The molecule has 0 aliphatic heterocycles. The summed E-state index contributed by atoms with van der Waals surface area (Å²) in [4.78, 5) is 11.9. The average molecular weight is 327 g/mol. The van der Waals surface area contributed by atoms with Gasteiger partial charge in [-0.15, -0.1) is 0 Å². The molecule has 1 heterocycles. The molecule has 0 fully saturated rings. The van der Waals surface area contributed by atoms with E-state index < -0.39 is 5.91 Å². The van der Waals surface area contributed by atoms with E-state index in [2.05, 4.69) is 10.5 Å². The molecule has 2 N–H and O–H groups in total. The van der Waals surface area contributed by atoms with Gasteiger partial charge in [0, 0.05) is 10.6 Å². The van der Waals surface area contributed by atoms with E-state index in [4.69, 9.17) is 27.6 Å². The molecule has 5 nitrogen and oxygen atoms in total. The number of halogens is 2. The van der Waals surface area contributed by atoms with Crippen LogP contribution in [0.25, 0.3) is 0 Å². The molecule has 0 bridgehead atoms. The van der Waals surface area contributed by atoms with Crippen molar-refractivity contribution in [2.24, 2.45) is 5.10 Å². The maximum absolute atomic E-state index is 11.9. The van der Waals surface area contributed by atoms with E-state index in [1.807, 2.05) is 0 Å². The van der Waals surface area contributed by atoms with Crippen molar-refractivity contribution in [1.82, 2.24) is 5.43 Å². The summed E-state index contributed by atoms with van der Waals surface area (Å²) in [6.07, 6.45) is 1.26. The summed E-state index contributed by atoms with van der Waals surface area (Å²) >= 11 is 11.6. The van der Waals surface area contributed by atoms with Crippen LogP contribution in [0.1, 0.15) is 27.4 Å². The van der Waals surface area contributed by atoms with Crippen molar-refractivity contribution in [3.8, 4) is 5.75 Å². The molecule has 0 atom stereocenters. The summed E-state index contributed by atoms with van der Waals surface area (Å²) < 4.78 is 5.26. The number of aromatic hydroxyl groups is 1. The van der Waals surface area contributed by atoms with E-state index in [1.165, 1.54) is 18.3 Å². The minimum atomic E-state index is -0.409. The van der Waals surface area contributed by atoms with Gasteiger partial charge < -0.3 is 9.52 Å². The lowest BCUT2D eigenvalue weighted by Crippen LogP contribution is -2.17. The molecular weight excluding hydrogens is 315 g/mol. The molecule has 0 unspecified atom stereocenters. The van der Waals surface area contributed by atoms with E-state index in [0.29, 0.717) is 27.7 Å².